The van der Waals surface area contributed by atoms with Gasteiger partial charge in [-0.3, -0.25) is 9.59 Å². The summed E-state index contributed by atoms with van der Waals surface area (Å²) in [6.07, 6.45) is 1.88. The topological polar surface area (TPSA) is 49.4 Å². The van der Waals surface area contributed by atoms with Crippen LogP contribution in [-0.4, -0.2) is 29.3 Å². The number of nitrogens with one attached hydrogen (secondary N) is 1. The van der Waals surface area contributed by atoms with Crippen LogP contribution in [0, 0.1) is 17.0 Å². The number of halogens is 2. The van der Waals surface area contributed by atoms with Crippen LogP contribution in [0.2, 0.25) is 0 Å². The Labute approximate surface area is 182 Å². The largest absolute Gasteiger partial charge is 0.348 e. The monoisotopic (exact) mass is 428 g/mol. The van der Waals surface area contributed by atoms with Gasteiger partial charge in [0.25, 0.3) is 0 Å². The SMILES string of the molecule is CC(NC(=O)C1CCCN1C(=O)CC(C)(C)C)c1ccc(-c2cccc(F)c2F)cc1. The molecule has 1 N–H and O–H groups in total. The van der Waals surface area contributed by atoms with E-state index in [4.69, 9.17) is 0 Å². The van der Waals surface area contributed by atoms with E-state index in [1.807, 2.05) is 27.7 Å². The van der Waals surface area contributed by atoms with Crippen molar-refractivity contribution in [2.75, 3.05) is 6.54 Å². The summed E-state index contributed by atoms with van der Waals surface area (Å²) in [5.41, 5.74) is 1.48. The van der Waals surface area contributed by atoms with E-state index in [0.717, 1.165) is 18.1 Å². The van der Waals surface area contributed by atoms with Crippen molar-refractivity contribution < 1.29 is 18.4 Å². The molecule has 2 aromatic carbocycles. The molecule has 0 spiro atoms. The number of likely N-dealkylation sites (tertiary alicyclic amines) is 1. The molecule has 0 aliphatic carbocycles. The molecule has 1 aliphatic heterocycles. The van der Waals surface area contributed by atoms with Crippen LogP contribution in [0.1, 0.15) is 58.6 Å². The van der Waals surface area contributed by atoms with Gasteiger partial charge in [0.2, 0.25) is 11.8 Å². The lowest BCUT2D eigenvalue weighted by Crippen LogP contribution is -2.47. The van der Waals surface area contributed by atoms with Crippen LogP contribution in [0.3, 0.4) is 0 Å². The van der Waals surface area contributed by atoms with Crippen molar-refractivity contribution in [3.05, 3.63) is 59.7 Å². The summed E-state index contributed by atoms with van der Waals surface area (Å²) in [5, 5.41) is 3.00. The van der Waals surface area contributed by atoms with Gasteiger partial charge in [-0.25, -0.2) is 8.78 Å². The summed E-state index contributed by atoms with van der Waals surface area (Å²) in [6.45, 7) is 8.51. The van der Waals surface area contributed by atoms with Gasteiger partial charge in [0.05, 0.1) is 6.04 Å². The molecule has 0 aromatic heterocycles. The lowest BCUT2D eigenvalue weighted by atomic mass is 9.91. The minimum atomic E-state index is -0.885. The predicted octanol–water partition coefficient (Wildman–Crippen LogP) is 5.24. The van der Waals surface area contributed by atoms with Crippen molar-refractivity contribution in [1.29, 1.82) is 0 Å². The Hall–Kier alpha value is -2.76. The van der Waals surface area contributed by atoms with Gasteiger partial charge in [0.15, 0.2) is 11.6 Å². The molecule has 6 heteroatoms. The summed E-state index contributed by atoms with van der Waals surface area (Å²) >= 11 is 0. The zero-order valence-electron chi connectivity index (χ0n) is 18.5. The number of benzene rings is 2. The average Bonchev–Trinajstić information content (AvgIpc) is 3.19. The van der Waals surface area contributed by atoms with E-state index >= 15 is 0 Å². The fourth-order valence-corrected chi connectivity index (χ4v) is 3.96. The smallest absolute Gasteiger partial charge is 0.243 e. The van der Waals surface area contributed by atoms with Crippen molar-refractivity contribution in [2.45, 2.75) is 59.0 Å². The van der Waals surface area contributed by atoms with E-state index in [0.29, 0.717) is 24.9 Å². The number of carbonyl (C=O) groups excluding carboxylic acids is 2. The molecule has 2 atom stereocenters. The van der Waals surface area contributed by atoms with Crippen LogP contribution in [0.4, 0.5) is 8.78 Å². The van der Waals surface area contributed by atoms with Crippen LogP contribution in [0.25, 0.3) is 11.1 Å². The van der Waals surface area contributed by atoms with Crippen molar-refractivity contribution in [2.24, 2.45) is 5.41 Å². The van der Waals surface area contributed by atoms with Crippen LogP contribution in [0.15, 0.2) is 42.5 Å². The van der Waals surface area contributed by atoms with Crippen LogP contribution in [0.5, 0.6) is 0 Å². The standard InChI is InChI=1S/C25H30F2N2O2/c1-16(17-10-12-18(13-11-17)19-7-5-8-20(26)23(19)27)28-24(31)21-9-6-14-29(21)22(30)15-25(2,3)4/h5,7-8,10-13,16,21H,6,9,14-15H2,1-4H3,(H,28,31). The molecule has 0 bridgehead atoms. The van der Waals surface area contributed by atoms with Crippen molar-refractivity contribution >= 4 is 11.8 Å². The van der Waals surface area contributed by atoms with Gasteiger partial charge in [-0.15, -0.1) is 0 Å². The third-order valence-corrected chi connectivity index (χ3v) is 5.59. The minimum Gasteiger partial charge on any atom is -0.348 e. The highest BCUT2D eigenvalue weighted by atomic mass is 19.2. The average molecular weight is 429 g/mol. The van der Waals surface area contributed by atoms with E-state index in [2.05, 4.69) is 5.32 Å². The third-order valence-electron chi connectivity index (χ3n) is 5.59. The number of rotatable bonds is 5. The maximum Gasteiger partial charge on any atom is 0.243 e. The summed E-state index contributed by atoms with van der Waals surface area (Å²) in [5.74, 6) is -1.91. The molecule has 31 heavy (non-hydrogen) atoms. The Morgan fingerprint density at radius 3 is 2.45 bits per heavy atom. The highest BCUT2D eigenvalue weighted by Crippen LogP contribution is 2.27. The molecule has 1 saturated heterocycles. The maximum atomic E-state index is 14.0. The first-order valence-corrected chi connectivity index (χ1v) is 10.7. The second-order valence-electron chi connectivity index (χ2n) is 9.44. The molecule has 0 radical (unpaired) electrons. The van der Waals surface area contributed by atoms with E-state index in [1.54, 1.807) is 29.2 Å². The molecule has 3 rings (SSSR count). The quantitative estimate of drug-likeness (QED) is 0.708. The van der Waals surface area contributed by atoms with Crippen LogP contribution < -0.4 is 5.32 Å². The van der Waals surface area contributed by atoms with Gasteiger partial charge >= 0.3 is 0 Å². The van der Waals surface area contributed by atoms with Crippen LogP contribution in [-0.2, 0) is 9.59 Å². The van der Waals surface area contributed by atoms with Crippen LogP contribution >= 0.6 is 0 Å². The fourth-order valence-electron chi connectivity index (χ4n) is 3.96. The summed E-state index contributed by atoms with van der Waals surface area (Å²) < 4.78 is 27.5. The van der Waals surface area contributed by atoms with Gasteiger partial charge in [-0.2, -0.15) is 0 Å². The zero-order valence-corrected chi connectivity index (χ0v) is 18.5. The number of amides is 2. The molecule has 2 unspecified atom stereocenters. The number of hydrogen-bond donors (Lipinski definition) is 1. The molecule has 1 aliphatic rings. The lowest BCUT2D eigenvalue weighted by molar-refractivity contribution is -0.140. The molecular formula is C25H30F2N2O2. The maximum absolute atomic E-state index is 14.0. The number of hydrogen-bond acceptors (Lipinski definition) is 2. The molecule has 1 fully saturated rings. The minimum absolute atomic E-state index is 0.0132. The van der Waals surface area contributed by atoms with E-state index in [-0.39, 0.29) is 28.8 Å². The van der Waals surface area contributed by atoms with Crippen molar-refractivity contribution in [3.8, 4) is 11.1 Å². The van der Waals surface area contributed by atoms with E-state index < -0.39 is 17.7 Å². The molecular weight excluding hydrogens is 398 g/mol. The Kier molecular flexibility index (Phi) is 6.77. The Morgan fingerprint density at radius 2 is 1.81 bits per heavy atom. The summed E-state index contributed by atoms with van der Waals surface area (Å²) in [4.78, 5) is 27.2. The van der Waals surface area contributed by atoms with Gasteiger partial charge in [0.1, 0.15) is 6.04 Å². The predicted molar refractivity (Wildman–Crippen MR) is 117 cm³/mol. The van der Waals surface area contributed by atoms with Gasteiger partial charge in [0, 0.05) is 18.5 Å². The lowest BCUT2D eigenvalue weighted by Gasteiger charge is -2.28. The molecule has 2 amide bonds. The van der Waals surface area contributed by atoms with Gasteiger partial charge in [-0.1, -0.05) is 57.2 Å². The second-order valence-corrected chi connectivity index (χ2v) is 9.44. The summed E-state index contributed by atoms with van der Waals surface area (Å²) in [6, 6.07) is 10.4. The zero-order chi connectivity index (χ0) is 22.8. The molecule has 1 heterocycles. The first kappa shape index (κ1) is 22.9. The van der Waals surface area contributed by atoms with Gasteiger partial charge in [-0.05, 0) is 42.4 Å². The Bertz CT molecular complexity index is 951. The second kappa shape index (κ2) is 9.16. The van der Waals surface area contributed by atoms with Gasteiger partial charge < -0.3 is 10.2 Å². The highest BCUT2D eigenvalue weighted by molar-refractivity contribution is 5.88. The van der Waals surface area contributed by atoms with E-state index in [9.17, 15) is 18.4 Å². The van der Waals surface area contributed by atoms with E-state index in [1.165, 1.54) is 12.1 Å². The summed E-state index contributed by atoms with van der Waals surface area (Å²) in [7, 11) is 0. The fraction of sp³-hybridized carbons (Fsp3) is 0.440. The van der Waals surface area contributed by atoms with Crippen molar-refractivity contribution in [3.63, 3.8) is 0 Å². The van der Waals surface area contributed by atoms with Crippen molar-refractivity contribution in [1.82, 2.24) is 10.2 Å². The first-order valence-electron chi connectivity index (χ1n) is 10.7. The number of carbonyl (C=O) groups is 2. The first-order chi connectivity index (χ1) is 14.6. The highest BCUT2D eigenvalue weighted by Gasteiger charge is 2.35. The third kappa shape index (κ3) is 5.49. The molecule has 0 saturated carbocycles. The Balaban J connectivity index is 1.67. The normalized spacial score (nSPS) is 17.5. The Morgan fingerprint density at radius 1 is 1.13 bits per heavy atom. The number of nitrogens with zero attached hydrogens (tertiary/aromatic N) is 1. The molecule has 2 aromatic rings. The molecule has 166 valence electrons. The molecule has 4 nitrogen and oxygen atoms in total.